The van der Waals surface area contributed by atoms with Gasteiger partial charge in [0.1, 0.15) is 0 Å². The molecule has 3 nitrogen and oxygen atoms in total. The molecule has 0 saturated carbocycles. The summed E-state index contributed by atoms with van der Waals surface area (Å²) in [6.07, 6.45) is 5.76. The minimum Gasteiger partial charge on any atom is -0.477 e. The number of aromatic nitrogens is 1. The van der Waals surface area contributed by atoms with E-state index in [1.54, 1.807) is 16.3 Å². The van der Waals surface area contributed by atoms with Gasteiger partial charge < -0.3 is 5.11 Å². The molecule has 1 aromatic heterocycles. The summed E-state index contributed by atoms with van der Waals surface area (Å²) in [5.74, 6) is -0.814. The van der Waals surface area contributed by atoms with E-state index >= 15 is 0 Å². The second-order valence-electron chi connectivity index (χ2n) is 3.22. The van der Waals surface area contributed by atoms with Crippen LogP contribution >= 0.6 is 11.8 Å². The Hall–Kier alpha value is -1.03. The van der Waals surface area contributed by atoms with Crippen LogP contribution in [0.5, 0.6) is 0 Å². The molecule has 0 aliphatic carbocycles. The van der Waals surface area contributed by atoms with Crippen LogP contribution in [0.2, 0.25) is 0 Å². The lowest BCUT2D eigenvalue weighted by molar-refractivity contribution is -0.686. The van der Waals surface area contributed by atoms with Crippen LogP contribution in [0, 0.1) is 13.8 Å². The average Bonchev–Trinajstić information content (AvgIpc) is 2.01. The van der Waals surface area contributed by atoms with Crippen LogP contribution in [0.15, 0.2) is 17.3 Å². The van der Waals surface area contributed by atoms with E-state index in [1.807, 2.05) is 32.5 Å². The Bertz CT molecular complexity index is 340. The van der Waals surface area contributed by atoms with E-state index in [-0.39, 0.29) is 6.54 Å². The van der Waals surface area contributed by atoms with Crippen LogP contribution in [0.25, 0.3) is 0 Å². The molecule has 76 valence electrons. The van der Waals surface area contributed by atoms with Crippen LogP contribution in [0.3, 0.4) is 0 Å². The SMILES string of the molecule is CSc1c(C)c[n+](CC(=O)O)cc1C. The number of nitrogens with zero attached hydrogens (tertiary/aromatic N) is 1. The molecule has 1 rings (SSSR count). The third-order valence-corrected chi connectivity index (χ3v) is 3.01. The summed E-state index contributed by atoms with van der Waals surface area (Å²) in [4.78, 5) is 11.7. The van der Waals surface area contributed by atoms with Crippen molar-refractivity contribution in [1.29, 1.82) is 0 Å². The molecule has 0 spiro atoms. The molecule has 1 heterocycles. The number of aliphatic carboxylic acids is 1. The van der Waals surface area contributed by atoms with E-state index in [9.17, 15) is 4.79 Å². The fourth-order valence-corrected chi connectivity index (χ4v) is 2.28. The second-order valence-corrected chi connectivity index (χ2v) is 4.04. The van der Waals surface area contributed by atoms with Crippen molar-refractivity contribution in [3.8, 4) is 0 Å². The summed E-state index contributed by atoms with van der Waals surface area (Å²) >= 11 is 1.69. The number of carbonyl (C=O) groups is 1. The van der Waals surface area contributed by atoms with E-state index in [4.69, 9.17) is 5.11 Å². The summed E-state index contributed by atoms with van der Waals surface area (Å²) in [7, 11) is 0. The lowest BCUT2D eigenvalue weighted by Gasteiger charge is -2.04. The fourth-order valence-electron chi connectivity index (χ4n) is 1.53. The lowest BCUT2D eigenvalue weighted by Crippen LogP contribution is -2.38. The normalized spacial score (nSPS) is 10.2. The summed E-state index contributed by atoms with van der Waals surface area (Å²) in [5, 5.41) is 8.65. The number of carboxylic acids is 1. The Balaban J connectivity index is 3.07. The molecule has 4 heteroatoms. The van der Waals surface area contributed by atoms with Crippen molar-refractivity contribution in [2.75, 3.05) is 6.26 Å². The second kappa shape index (κ2) is 4.46. The summed E-state index contributed by atoms with van der Waals surface area (Å²) in [5.41, 5.74) is 2.25. The predicted molar refractivity (Wildman–Crippen MR) is 55.5 cm³/mol. The monoisotopic (exact) mass is 212 g/mol. The maximum absolute atomic E-state index is 10.5. The number of thioether (sulfide) groups is 1. The van der Waals surface area contributed by atoms with E-state index < -0.39 is 5.97 Å². The molecule has 0 aromatic carbocycles. The number of hydrogen-bond acceptors (Lipinski definition) is 2. The van der Waals surface area contributed by atoms with Crippen LogP contribution < -0.4 is 4.57 Å². The van der Waals surface area contributed by atoms with Crippen molar-refractivity contribution in [3.63, 3.8) is 0 Å². The van der Waals surface area contributed by atoms with Gasteiger partial charge in [-0.3, -0.25) is 0 Å². The quantitative estimate of drug-likeness (QED) is 0.608. The van der Waals surface area contributed by atoms with Crippen LogP contribution in [0.1, 0.15) is 11.1 Å². The van der Waals surface area contributed by atoms with Gasteiger partial charge in [-0.25, -0.2) is 4.79 Å². The highest BCUT2D eigenvalue weighted by Gasteiger charge is 2.12. The first-order chi connectivity index (χ1) is 6.54. The highest BCUT2D eigenvalue weighted by Crippen LogP contribution is 2.21. The fraction of sp³-hybridized carbons (Fsp3) is 0.400. The van der Waals surface area contributed by atoms with Gasteiger partial charge in [0.15, 0.2) is 12.4 Å². The van der Waals surface area contributed by atoms with E-state index in [0.29, 0.717) is 0 Å². The van der Waals surface area contributed by atoms with Crippen LogP contribution in [0.4, 0.5) is 0 Å². The zero-order chi connectivity index (χ0) is 10.7. The van der Waals surface area contributed by atoms with Crippen molar-refractivity contribution in [1.82, 2.24) is 0 Å². The van der Waals surface area contributed by atoms with Gasteiger partial charge >= 0.3 is 5.97 Å². The molecule has 0 amide bonds. The van der Waals surface area contributed by atoms with Crippen molar-refractivity contribution >= 4 is 17.7 Å². The maximum Gasteiger partial charge on any atom is 0.370 e. The molecule has 0 aliphatic rings. The first-order valence-electron chi connectivity index (χ1n) is 4.30. The van der Waals surface area contributed by atoms with Gasteiger partial charge in [0.05, 0.1) is 0 Å². The Morgan fingerprint density at radius 3 is 2.29 bits per heavy atom. The number of aryl methyl sites for hydroxylation is 2. The smallest absolute Gasteiger partial charge is 0.370 e. The maximum atomic E-state index is 10.5. The molecule has 0 atom stereocenters. The molecule has 0 radical (unpaired) electrons. The third kappa shape index (κ3) is 2.48. The largest absolute Gasteiger partial charge is 0.477 e. The molecular weight excluding hydrogens is 198 g/mol. The van der Waals surface area contributed by atoms with Gasteiger partial charge in [0.25, 0.3) is 0 Å². The number of pyridine rings is 1. The number of carboxylic acid groups (broad SMARTS) is 1. The summed E-state index contributed by atoms with van der Waals surface area (Å²) < 4.78 is 1.70. The summed E-state index contributed by atoms with van der Waals surface area (Å²) in [6, 6.07) is 0. The predicted octanol–water partition coefficient (Wildman–Crippen LogP) is 1.40. The Kier molecular flexibility index (Phi) is 3.52. The van der Waals surface area contributed by atoms with Crippen molar-refractivity contribution in [2.24, 2.45) is 0 Å². The van der Waals surface area contributed by atoms with E-state index in [2.05, 4.69) is 0 Å². The topological polar surface area (TPSA) is 41.2 Å². The zero-order valence-electron chi connectivity index (χ0n) is 8.57. The molecule has 1 aromatic rings. The van der Waals surface area contributed by atoms with E-state index in [0.717, 1.165) is 11.1 Å². The first-order valence-corrected chi connectivity index (χ1v) is 5.53. The van der Waals surface area contributed by atoms with E-state index in [1.165, 1.54) is 4.90 Å². The van der Waals surface area contributed by atoms with Gasteiger partial charge in [-0.1, -0.05) is 0 Å². The molecular formula is C10H14NO2S+. The number of hydrogen-bond donors (Lipinski definition) is 1. The first kappa shape index (κ1) is 11.0. The zero-order valence-corrected chi connectivity index (χ0v) is 9.39. The Morgan fingerprint density at radius 2 is 1.93 bits per heavy atom. The van der Waals surface area contributed by atoms with Crippen molar-refractivity contribution in [3.05, 3.63) is 23.5 Å². The molecule has 0 bridgehead atoms. The van der Waals surface area contributed by atoms with Gasteiger partial charge in [0, 0.05) is 16.0 Å². The highest BCUT2D eigenvalue weighted by atomic mass is 32.2. The lowest BCUT2D eigenvalue weighted by atomic mass is 10.2. The van der Waals surface area contributed by atoms with Crippen LogP contribution in [-0.4, -0.2) is 17.3 Å². The number of rotatable bonds is 3. The molecule has 0 saturated heterocycles. The Morgan fingerprint density at radius 1 is 1.43 bits per heavy atom. The van der Waals surface area contributed by atoms with Crippen molar-refractivity contribution in [2.45, 2.75) is 25.3 Å². The van der Waals surface area contributed by atoms with Gasteiger partial charge in [0.2, 0.25) is 6.54 Å². The molecule has 1 N–H and O–H groups in total. The average molecular weight is 212 g/mol. The molecule has 0 fully saturated rings. The van der Waals surface area contributed by atoms with Gasteiger partial charge in [-0.15, -0.1) is 11.8 Å². The molecule has 0 unspecified atom stereocenters. The highest BCUT2D eigenvalue weighted by molar-refractivity contribution is 7.98. The van der Waals surface area contributed by atoms with Crippen LogP contribution in [-0.2, 0) is 11.3 Å². The third-order valence-electron chi connectivity index (χ3n) is 1.96. The summed E-state index contributed by atoms with van der Waals surface area (Å²) in [6.45, 7) is 4.02. The van der Waals surface area contributed by atoms with Crippen molar-refractivity contribution < 1.29 is 14.5 Å². The molecule has 14 heavy (non-hydrogen) atoms. The minimum absolute atomic E-state index is 0.0241. The van der Waals surface area contributed by atoms with Gasteiger partial charge in [-0.05, 0) is 20.1 Å². The van der Waals surface area contributed by atoms with Gasteiger partial charge in [-0.2, -0.15) is 4.57 Å². The molecule has 0 aliphatic heterocycles. The Labute approximate surface area is 87.8 Å². The minimum atomic E-state index is -0.814. The standard InChI is InChI=1S/C10H13NO2S/c1-7-4-11(6-9(12)13)5-8(2)10(7)14-3/h4-5H,6H2,1-3H3/p+1.